The minimum Gasteiger partial charge on any atom is -0.492 e. The van der Waals surface area contributed by atoms with E-state index >= 15 is 0 Å². The Hall–Kier alpha value is -3.37. The number of para-hydroxylation sites is 1. The second-order valence-corrected chi connectivity index (χ2v) is 7.32. The summed E-state index contributed by atoms with van der Waals surface area (Å²) in [5.74, 6) is 8.56. The molecule has 2 aromatic rings. The zero-order chi connectivity index (χ0) is 21.8. The van der Waals surface area contributed by atoms with Crippen LogP contribution in [0.3, 0.4) is 0 Å². The van der Waals surface area contributed by atoms with Crippen molar-refractivity contribution in [1.82, 2.24) is 0 Å². The highest BCUT2D eigenvalue weighted by molar-refractivity contribution is 5.92. The molecule has 162 valence electrons. The molecule has 31 heavy (non-hydrogen) atoms. The molecule has 0 saturated carbocycles. The topological polar surface area (TPSA) is 67.7 Å². The Balaban J connectivity index is 1.56. The molecule has 2 aliphatic rings. The van der Waals surface area contributed by atoms with E-state index in [9.17, 15) is 4.79 Å². The molecule has 0 radical (unpaired) electrons. The van der Waals surface area contributed by atoms with Gasteiger partial charge in [0.15, 0.2) is 17.5 Å². The number of likely N-dealkylation sites (N-methyl/N-ethyl adjacent to an activating group) is 1. The lowest BCUT2D eigenvalue weighted by molar-refractivity contribution is -0.905. The molecule has 0 aromatic heterocycles. The summed E-state index contributed by atoms with van der Waals surface area (Å²) in [6.07, 6.45) is 0.912. The van der Waals surface area contributed by atoms with Crippen molar-refractivity contribution in [2.24, 2.45) is 0 Å². The van der Waals surface area contributed by atoms with Crippen LogP contribution in [0.4, 0.5) is 0 Å². The second kappa shape index (κ2) is 9.19. The lowest BCUT2D eigenvalue weighted by Gasteiger charge is -2.30. The van der Waals surface area contributed by atoms with Crippen LogP contribution in [-0.2, 0) is 11.2 Å². The van der Waals surface area contributed by atoms with Crippen molar-refractivity contribution in [2.45, 2.75) is 19.4 Å². The molecule has 2 aromatic carbocycles. The fourth-order valence-electron chi connectivity index (χ4n) is 3.95. The van der Waals surface area contributed by atoms with Crippen LogP contribution in [0.5, 0.6) is 23.0 Å². The maximum absolute atomic E-state index is 12.1. The summed E-state index contributed by atoms with van der Waals surface area (Å²) in [6, 6.07) is 8.96. The number of carbonyl (C=O) groups excluding carboxylic acids is 1. The van der Waals surface area contributed by atoms with E-state index in [4.69, 9.17) is 23.7 Å². The monoisotopic (exact) mass is 424 g/mol. The van der Waals surface area contributed by atoms with Gasteiger partial charge in [0, 0.05) is 6.42 Å². The summed E-state index contributed by atoms with van der Waals surface area (Å²) in [4.78, 5) is 13.4. The van der Waals surface area contributed by atoms with Gasteiger partial charge >= 0.3 is 5.97 Å². The van der Waals surface area contributed by atoms with Gasteiger partial charge in [0.05, 0.1) is 32.9 Å². The SMILES string of the molecule is CCOC(=O)c1ccccc1OCC#CC1c2c(cc3c(c2OC)OCO3)CC[NH+]1C. The molecule has 0 fully saturated rings. The lowest BCUT2D eigenvalue weighted by atomic mass is 9.91. The van der Waals surface area contributed by atoms with Crippen LogP contribution < -0.4 is 23.8 Å². The Morgan fingerprint density at radius 3 is 2.94 bits per heavy atom. The van der Waals surface area contributed by atoms with Crippen LogP contribution in [0.15, 0.2) is 30.3 Å². The summed E-state index contributed by atoms with van der Waals surface area (Å²) in [5, 5.41) is 0. The molecule has 2 unspecified atom stereocenters. The second-order valence-electron chi connectivity index (χ2n) is 7.32. The highest BCUT2D eigenvalue weighted by Crippen LogP contribution is 2.47. The van der Waals surface area contributed by atoms with Crippen LogP contribution in [0.25, 0.3) is 0 Å². The number of hydrogen-bond acceptors (Lipinski definition) is 6. The summed E-state index contributed by atoms with van der Waals surface area (Å²) in [6.45, 7) is 3.38. The number of ether oxygens (including phenoxy) is 5. The van der Waals surface area contributed by atoms with Crippen molar-refractivity contribution in [3.8, 4) is 34.8 Å². The first-order valence-corrected chi connectivity index (χ1v) is 10.3. The van der Waals surface area contributed by atoms with E-state index in [1.807, 2.05) is 12.1 Å². The molecule has 0 saturated heterocycles. The maximum Gasteiger partial charge on any atom is 0.341 e. The van der Waals surface area contributed by atoms with Gasteiger partial charge in [-0.15, -0.1) is 0 Å². The number of rotatable bonds is 5. The van der Waals surface area contributed by atoms with Crippen molar-refractivity contribution in [3.63, 3.8) is 0 Å². The first-order valence-electron chi connectivity index (χ1n) is 10.3. The third-order valence-electron chi connectivity index (χ3n) is 5.45. The Labute approximate surface area is 181 Å². The normalized spacial score (nSPS) is 18.4. The number of nitrogens with one attached hydrogen (secondary N) is 1. The largest absolute Gasteiger partial charge is 0.492 e. The van der Waals surface area contributed by atoms with E-state index < -0.39 is 5.97 Å². The molecule has 0 amide bonds. The van der Waals surface area contributed by atoms with E-state index in [-0.39, 0.29) is 19.4 Å². The summed E-state index contributed by atoms with van der Waals surface area (Å²) in [5.41, 5.74) is 2.60. The fourth-order valence-corrected chi connectivity index (χ4v) is 3.95. The first kappa shape index (κ1) is 20.9. The Kier molecular flexibility index (Phi) is 6.19. The average molecular weight is 424 g/mol. The molecule has 0 aliphatic carbocycles. The fraction of sp³-hybridized carbons (Fsp3) is 0.375. The van der Waals surface area contributed by atoms with E-state index in [2.05, 4.69) is 18.9 Å². The van der Waals surface area contributed by atoms with Crippen LogP contribution in [0, 0.1) is 11.8 Å². The molecule has 7 heteroatoms. The predicted octanol–water partition coefficient (Wildman–Crippen LogP) is 1.79. The van der Waals surface area contributed by atoms with Crippen LogP contribution >= 0.6 is 0 Å². The minimum atomic E-state index is -0.405. The van der Waals surface area contributed by atoms with E-state index in [0.717, 1.165) is 24.3 Å². The number of carbonyl (C=O) groups is 1. The van der Waals surface area contributed by atoms with Crippen LogP contribution in [0.2, 0.25) is 0 Å². The Morgan fingerprint density at radius 2 is 2.13 bits per heavy atom. The molecule has 0 spiro atoms. The third-order valence-corrected chi connectivity index (χ3v) is 5.45. The number of benzene rings is 2. The number of quaternary nitrogens is 1. The smallest absolute Gasteiger partial charge is 0.341 e. The van der Waals surface area contributed by atoms with Crippen molar-refractivity contribution < 1.29 is 33.4 Å². The standard InChI is InChI=1S/C24H25NO6/c1-4-28-24(26)17-8-5-6-10-19(17)29-13-7-9-18-21-16(11-12-25(18)2)14-20-22(23(21)27-3)31-15-30-20/h5-6,8,10,14,18H,4,11-13,15H2,1-3H3/p+1. The van der Waals surface area contributed by atoms with E-state index in [1.54, 1.807) is 32.2 Å². The molecule has 2 aliphatic heterocycles. The summed E-state index contributed by atoms with van der Waals surface area (Å²) in [7, 11) is 3.75. The summed E-state index contributed by atoms with van der Waals surface area (Å²) < 4.78 is 27.8. The quantitative estimate of drug-likeness (QED) is 0.583. The molecule has 7 nitrogen and oxygen atoms in total. The number of methoxy groups -OCH3 is 1. The zero-order valence-corrected chi connectivity index (χ0v) is 17.9. The molecule has 0 bridgehead atoms. The van der Waals surface area contributed by atoms with Gasteiger partial charge in [-0.05, 0) is 36.6 Å². The van der Waals surface area contributed by atoms with Gasteiger partial charge in [-0.1, -0.05) is 18.1 Å². The van der Waals surface area contributed by atoms with E-state index in [0.29, 0.717) is 29.4 Å². The average Bonchev–Trinajstić information content (AvgIpc) is 3.25. The number of hydrogen-bond donors (Lipinski definition) is 1. The lowest BCUT2D eigenvalue weighted by Crippen LogP contribution is -3.10. The predicted molar refractivity (Wildman–Crippen MR) is 113 cm³/mol. The molecule has 4 rings (SSSR count). The first-order chi connectivity index (χ1) is 15.1. The van der Waals surface area contributed by atoms with Gasteiger partial charge < -0.3 is 28.6 Å². The van der Waals surface area contributed by atoms with Gasteiger partial charge in [0.25, 0.3) is 0 Å². The van der Waals surface area contributed by atoms with Crippen molar-refractivity contribution in [3.05, 3.63) is 47.0 Å². The molecule has 2 atom stereocenters. The van der Waals surface area contributed by atoms with Crippen LogP contribution in [0.1, 0.15) is 34.5 Å². The molecular formula is C24H26NO6+. The van der Waals surface area contributed by atoms with Gasteiger partial charge in [0.2, 0.25) is 12.5 Å². The Bertz CT molecular complexity index is 1040. The van der Waals surface area contributed by atoms with Gasteiger partial charge in [-0.25, -0.2) is 4.79 Å². The highest BCUT2D eigenvalue weighted by atomic mass is 16.7. The molecule has 1 N–H and O–H groups in total. The third kappa shape index (κ3) is 4.12. The highest BCUT2D eigenvalue weighted by Gasteiger charge is 2.35. The Morgan fingerprint density at radius 1 is 1.29 bits per heavy atom. The number of esters is 1. The van der Waals surface area contributed by atoms with E-state index in [1.165, 1.54) is 10.5 Å². The summed E-state index contributed by atoms with van der Waals surface area (Å²) >= 11 is 0. The van der Waals surface area contributed by atoms with Gasteiger partial charge in [0.1, 0.15) is 17.9 Å². The number of fused-ring (bicyclic) bond motifs is 2. The maximum atomic E-state index is 12.1. The van der Waals surface area contributed by atoms with Crippen molar-refractivity contribution >= 4 is 5.97 Å². The van der Waals surface area contributed by atoms with Crippen molar-refractivity contribution in [2.75, 3.05) is 40.7 Å². The van der Waals surface area contributed by atoms with Gasteiger partial charge in [-0.2, -0.15) is 0 Å². The zero-order valence-electron chi connectivity index (χ0n) is 17.9. The van der Waals surface area contributed by atoms with Gasteiger partial charge in [-0.3, -0.25) is 0 Å². The van der Waals surface area contributed by atoms with Crippen LogP contribution in [-0.4, -0.2) is 46.7 Å². The minimum absolute atomic E-state index is 0.0860. The molecular weight excluding hydrogens is 398 g/mol. The molecule has 2 heterocycles. The van der Waals surface area contributed by atoms with Crippen molar-refractivity contribution in [1.29, 1.82) is 0 Å².